The van der Waals surface area contributed by atoms with Gasteiger partial charge in [-0.3, -0.25) is 0 Å². The fourth-order valence-electron chi connectivity index (χ4n) is 2.13. The van der Waals surface area contributed by atoms with Gasteiger partial charge in [-0.05, 0) is 42.4 Å². The van der Waals surface area contributed by atoms with Gasteiger partial charge in [-0.2, -0.15) is 0 Å². The summed E-state index contributed by atoms with van der Waals surface area (Å²) < 4.78 is 0. The molecule has 1 fully saturated rings. The second-order valence-electron chi connectivity index (χ2n) is 4.55. The van der Waals surface area contributed by atoms with Crippen LogP contribution in [0, 0.1) is 5.41 Å². The molecule has 3 nitrogen and oxygen atoms in total. The number of aromatic amines is 1. The van der Waals surface area contributed by atoms with E-state index >= 15 is 0 Å². The molecule has 0 amide bonds. The summed E-state index contributed by atoms with van der Waals surface area (Å²) in [6.07, 6.45) is 7.08. The van der Waals surface area contributed by atoms with Gasteiger partial charge in [-0.25, -0.2) is 4.98 Å². The third kappa shape index (κ3) is 1.43. The highest BCUT2D eigenvalue weighted by Crippen LogP contribution is 2.48. The Labute approximate surface area is 88.2 Å². The van der Waals surface area contributed by atoms with Gasteiger partial charge >= 0.3 is 0 Å². The Morgan fingerprint density at radius 1 is 1.47 bits per heavy atom. The summed E-state index contributed by atoms with van der Waals surface area (Å²) in [5.41, 5.74) is 2.40. The van der Waals surface area contributed by atoms with E-state index in [0.29, 0.717) is 6.61 Å². The first-order valence-corrected chi connectivity index (χ1v) is 5.35. The maximum absolute atomic E-state index is 9.30. The molecule has 3 rings (SSSR count). The minimum atomic E-state index is 0.172. The molecule has 0 unspecified atom stereocenters. The van der Waals surface area contributed by atoms with E-state index in [9.17, 15) is 5.11 Å². The van der Waals surface area contributed by atoms with E-state index in [4.69, 9.17) is 0 Å². The third-order valence-electron chi connectivity index (χ3n) is 3.39. The molecule has 1 saturated carbocycles. The maximum Gasteiger partial charge on any atom is 0.137 e. The average molecular weight is 202 g/mol. The molecule has 0 saturated heterocycles. The zero-order valence-corrected chi connectivity index (χ0v) is 8.53. The van der Waals surface area contributed by atoms with Gasteiger partial charge < -0.3 is 10.1 Å². The molecule has 2 heterocycles. The molecule has 2 aromatic heterocycles. The van der Waals surface area contributed by atoms with Crippen molar-refractivity contribution in [2.75, 3.05) is 6.61 Å². The first-order valence-electron chi connectivity index (χ1n) is 5.35. The monoisotopic (exact) mass is 202 g/mol. The van der Waals surface area contributed by atoms with Crippen molar-refractivity contribution in [1.29, 1.82) is 0 Å². The maximum atomic E-state index is 9.30. The molecule has 2 N–H and O–H groups in total. The van der Waals surface area contributed by atoms with Gasteiger partial charge in [0.15, 0.2) is 0 Å². The number of nitrogens with zero attached hydrogens (tertiary/aromatic N) is 1. The lowest BCUT2D eigenvalue weighted by atomic mass is 9.98. The van der Waals surface area contributed by atoms with E-state index in [1.807, 2.05) is 12.3 Å². The molecule has 0 aromatic carbocycles. The lowest BCUT2D eigenvalue weighted by molar-refractivity contribution is 0.211. The van der Waals surface area contributed by atoms with Gasteiger partial charge in [0, 0.05) is 24.4 Å². The highest BCUT2D eigenvalue weighted by molar-refractivity contribution is 5.79. The van der Waals surface area contributed by atoms with E-state index in [1.54, 1.807) is 6.20 Å². The summed E-state index contributed by atoms with van der Waals surface area (Å²) >= 11 is 0. The molecule has 78 valence electrons. The lowest BCUT2D eigenvalue weighted by Gasteiger charge is -2.09. The molecule has 2 aromatic rings. The van der Waals surface area contributed by atoms with Crippen molar-refractivity contribution >= 4 is 11.0 Å². The summed E-state index contributed by atoms with van der Waals surface area (Å²) in [5.74, 6) is 0. The van der Waals surface area contributed by atoms with Gasteiger partial charge in [-0.1, -0.05) is 0 Å². The van der Waals surface area contributed by atoms with E-state index in [-0.39, 0.29) is 5.41 Å². The van der Waals surface area contributed by atoms with Crippen LogP contribution in [0.25, 0.3) is 11.0 Å². The van der Waals surface area contributed by atoms with Crippen LogP contribution >= 0.6 is 0 Å². The first-order chi connectivity index (χ1) is 7.33. The van der Waals surface area contributed by atoms with Crippen molar-refractivity contribution < 1.29 is 5.11 Å². The first kappa shape index (κ1) is 8.92. The number of rotatable bonds is 3. The number of aromatic nitrogens is 2. The van der Waals surface area contributed by atoms with Gasteiger partial charge in [-0.15, -0.1) is 0 Å². The largest absolute Gasteiger partial charge is 0.396 e. The normalized spacial score (nSPS) is 18.2. The van der Waals surface area contributed by atoms with Crippen LogP contribution in [0.2, 0.25) is 0 Å². The molecule has 0 spiro atoms. The number of H-pyrrole nitrogens is 1. The Hall–Kier alpha value is -1.35. The zero-order chi connectivity index (χ0) is 10.3. The molecule has 15 heavy (non-hydrogen) atoms. The number of nitrogens with one attached hydrogen (secondary N) is 1. The molecular formula is C12H14N2O. The van der Waals surface area contributed by atoms with Crippen LogP contribution < -0.4 is 0 Å². The Kier molecular flexibility index (Phi) is 1.83. The molecule has 0 aliphatic heterocycles. The average Bonchev–Trinajstić information content (AvgIpc) is 2.95. The van der Waals surface area contributed by atoms with Crippen molar-refractivity contribution in [3.8, 4) is 0 Å². The Morgan fingerprint density at radius 2 is 2.33 bits per heavy atom. The Bertz CT molecular complexity index is 485. The summed E-state index contributed by atoms with van der Waals surface area (Å²) in [6.45, 7) is 0.305. The van der Waals surface area contributed by atoms with Crippen LogP contribution in [0.15, 0.2) is 24.5 Å². The Morgan fingerprint density at radius 3 is 3.07 bits per heavy atom. The van der Waals surface area contributed by atoms with E-state index in [0.717, 1.165) is 24.9 Å². The van der Waals surface area contributed by atoms with Gasteiger partial charge in [0.1, 0.15) is 5.65 Å². The number of hydrogen-bond donors (Lipinski definition) is 2. The number of aliphatic hydroxyl groups excluding tert-OH is 1. The second kappa shape index (κ2) is 3.07. The van der Waals surface area contributed by atoms with Gasteiger partial charge in [0.2, 0.25) is 0 Å². The molecule has 3 heteroatoms. The SMILES string of the molecule is OCC1(Cc2c[nH]c3ncccc23)CC1. The summed E-state index contributed by atoms with van der Waals surface area (Å²) in [7, 11) is 0. The van der Waals surface area contributed by atoms with Crippen molar-refractivity contribution in [1.82, 2.24) is 9.97 Å². The van der Waals surface area contributed by atoms with Crippen molar-refractivity contribution in [3.05, 3.63) is 30.1 Å². The minimum Gasteiger partial charge on any atom is -0.396 e. The van der Waals surface area contributed by atoms with E-state index in [1.165, 1.54) is 10.9 Å². The predicted octanol–water partition coefficient (Wildman–Crippen LogP) is 1.88. The van der Waals surface area contributed by atoms with Crippen LogP contribution in [-0.4, -0.2) is 21.7 Å². The Balaban J connectivity index is 1.98. The number of pyridine rings is 1. The summed E-state index contributed by atoms with van der Waals surface area (Å²) in [6, 6.07) is 4.04. The fourth-order valence-corrected chi connectivity index (χ4v) is 2.13. The van der Waals surface area contributed by atoms with Crippen molar-refractivity contribution in [2.24, 2.45) is 5.41 Å². The molecule has 0 atom stereocenters. The van der Waals surface area contributed by atoms with Gasteiger partial charge in [0.25, 0.3) is 0 Å². The predicted molar refractivity (Wildman–Crippen MR) is 58.6 cm³/mol. The van der Waals surface area contributed by atoms with Gasteiger partial charge in [0.05, 0.1) is 0 Å². The quantitative estimate of drug-likeness (QED) is 0.798. The lowest BCUT2D eigenvalue weighted by Crippen LogP contribution is -2.09. The van der Waals surface area contributed by atoms with Crippen LogP contribution in [0.3, 0.4) is 0 Å². The highest BCUT2D eigenvalue weighted by Gasteiger charge is 2.42. The van der Waals surface area contributed by atoms with Crippen LogP contribution in [0.4, 0.5) is 0 Å². The smallest absolute Gasteiger partial charge is 0.137 e. The fraction of sp³-hybridized carbons (Fsp3) is 0.417. The highest BCUT2D eigenvalue weighted by atomic mass is 16.3. The number of hydrogen-bond acceptors (Lipinski definition) is 2. The molecule has 0 radical (unpaired) electrons. The molecule has 1 aliphatic rings. The van der Waals surface area contributed by atoms with Crippen LogP contribution in [-0.2, 0) is 6.42 Å². The van der Waals surface area contributed by atoms with Crippen LogP contribution in [0.5, 0.6) is 0 Å². The van der Waals surface area contributed by atoms with E-state index < -0.39 is 0 Å². The summed E-state index contributed by atoms with van der Waals surface area (Å²) in [4.78, 5) is 7.43. The number of fused-ring (bicyclic) bond motifs is 1. The molecule has 0 bridgehead atoms. The minimum absolute atomic E-state index is 0.172. The van der Waals surface area contributed by atoms with Crippen molar-refractivity contribution in [2.45, 2.75) is 19.3 Å². The van der Waals surface area contributed by atoms with Crippen LogP contribution in [0.1, 0.15) is 18.4 Å². The van der Waals surface area contributed by atoms with E-state index in [2.05, 4.69) is 16.0 Å². The standard InChI is InChI=1S/C12H14N2O/c15-8-12(3-4-12)6-9-7-14-11-10(9)2-1-5-13-11/h1-2,5,7,15H,3-4,6,8H2,(H,13,14). The molecular weight excluding hydrogens is 188 g/mol. The third-order valence-corrected chi connectivity index (χ3v) is 3.39. The number of aliphatic hydroxyl groups is 1. The second-order valence-corrected chi connectivity index (χ2v) is 4.55. The molecule has 1 aliphatic carbocycles. The van der Waals surface area contributed by atoms with Crippen molar-refractivity contribution in [3.63, 3.8) is 0 Å². The topological polar surface area (TPSA) is 48.9 Å². The zero-order valence-electron chi connectivity index (χ0n) is 8.53. The summed E-state index contributed by atoms with van der Waals surface area (Å²) in [5, 5.41) is 10.5.